The number of ether oxygens (including phenoxy) is 1. The lowest BCUT2D eigenvalue weighted by Gasteiger charge is -2.12. The molecule has 1 aromatic heterocycles. The molecule has 0 aliphatic carbocycles. The van der Waals surface area contributed by atoms with E-state index in [1.807, 2.05) is 12.1 Å². The highest BCUT2D eigenvalue weighted by molar-refractivity contribution is 9.10. The smallest absolute Gasteiger partial charge is 0.253 e. The van der Waals surface area contributed by atoms with Crippen LogP contribution in [0.15, 0.2) is 46.9 Å². The number of fused-ring (bicyclic) bond motifs is 1. The number of carbonyl (C=O) groups is 1. The normalized spacial score (nSPS) is 12.3. The van der Waals surface area contributed by atoms with Crippen molar-refractivity contribution < 1.29 is 13.9 Å². The van der Waals surface area contributed by atoms with E-state index in [-0.39, 0.29) is 18.3 Å². The molecule has 1 atom stereocenters. The molecule has 2 N–H and O–H groups in total. The van der Waals surface area contributed by atoms with Crippen LogP contribution in [0, 0.1) is 11.7 Å². The molecule has 0 amide bonds. The summed E-state index contributed by atoms with van der Waals surface area (Å²) in [4.78, 5) is 12.6. The van der Waals surface area contributed by atoms with E-state index in [1.165, 1.54) is 18.2 Å². The predicted octanol–water partition coefficient (Wildman–Crippen LogP) is 3.88. The van der Waals surface area contributed by atoms with Gasteiger partial charge in [-0.25, -0.2) is 4.39 Å². The number of nitrogen functional groups attached to an aromatic ring is 1. The number of carbonyl (C=O) groups excluding carboxylic acids is 1. The van der Waals surface area contributed by atoms with Crippen LogP contribution in [0.2, 0.25) is 0 Å². The van der Waals surface area contributed by atoms with Gasteiger partial charge in [0.05, 0.1) is 18.0 Å². The van der Waals surface area contributed by atoms with E-state index in [2.05, 4.69) is 21.0 Å². The van der Waals surface area contributed by atoms with E-state index in [4.69, 9.17) is 10.5 Å². The summed E-state index contributed by atoms with van der Waals surface area (Å²) in [5.41, 5.74) is 6.16. The van der Waals surface area contributed by atoms with Crippen LogP contribution in [-0.2, 0) is 0 Å². The van der Waals surface area contributed by atoms with Gasteiger partial charge in [-0.2, -0.15) is 4.68 Å². The maximum absolute atomic E-state index is 13.5. The highest BCUT2D eigenvalue weighted by Gasteiger charge is 2.21. The SMILES string of the molecule is C[C@@H](COc1ccc(Br)cc1)C(=O)n1nc(N)c2ccc(F)cc21. The van der Waals surface area contributed by atoms with Crippen LogP contribution in [-0.4, -0.2) is 22.3 Å². The van der Waals surface area contributed by atoms with Gasteiger partial charge in [0.2, 0.25) is 0 Å². The van der Waals surface area contributed by atoms with Gasteiger partial charge in [0.1, 0.15) is 11.6 Å². The van der Waals surface area contributed by atoms with Crippen molar-refractivity contribution in [2.75, 3.05) is 12.3 Å². The molecule has 7 heteroatoms. The number of nitrogens with two attached hydrogens (primary N) is 1. The molecule has 0 aliphatic heterocycles. The Balaban J connectivity index is 1.78. The number of nitrogens with zero attached hydrogens (tertiary/aromatic N) is 2. The van der Waals surface area contributed by atoms with Crippen LogP contribution in [0.4, 0.5) is 10.2 Å². The Bertz CT molecular complexity index is 893. The largest absolute Gasteiger partial charge is 0.493 e. The first-order valence-electron chi connectivity index (χ1n) is 7.32. The lowest BCUT2D eigenvalue weighted by atomic mass is 10.2. The number of aromatic nitrogens is 2. The lowest BCUT2D eigenvalue weighted by molar-refractivity contribution is 0.0792. The minimum absolute atomic E-state index is 0.178. The number of hydrogen-bond donors (Lipinski definition) is 1. The first kappa shape index (κ1) is 16.4. The summed E-state index contributed by atoms with van der Waals surface area (Å²) in [7, 11) is 0. The molecule has 2 aromatic carbocycles. The van der Waals surface area contributed by atoms with Crippen molar-refractivity contribution in [2.24, 2.45) is 5.92 Å². The van der Waals surface area contributed by atoms with Gasteiger partial charge in [-0.1, -0.05) is 22.9 Å². The van der Waals surface area contributed by atoms with E-state index >= 15 is 0 Å². The summed E-state index contributed by atoms with van der Waals surface area (Å²) in [6.07, 6.45) is 0. The van der Waals surface area contributed by atoms with Crippen molar-refractivity contribution in [3.8, 4) is 5.75 Å². The van der Waals surface area contributed by atoms with Crippen molar-refractivity contribution >= 4 is 38.6 Å². The monoisotopic (exact) mass is 391 g/mol. The van der Waals surface area contributed by atoms with Crippen LogP contribution >= 0.6 is 15.9 Å². The first-order chi connectivity index (χ1) is 11.5. The van der Waals surface area contributed by atoms with E-state index in [0.29, 0.717) is 16.7 Å². The van der Waals surface area contributed by atoms with Gasteiger partial charge in [0.25, 0.3) is 5.91 Å². The Morgan fingerprint density at radius 3 is 2.75 bits per heavy atom. The summed E-state index contributed by atoms with van der Waals surface area (Å²) in [6, 6.07) is 11.4. The molecule has 0 radical (unpaired) electrons. The zero-order valence-corrected chi connectivity index (χ0v) is 14.5. The fourth-order valence-electron chi connectivity index (χ4n) is 2.31. The summed E-state index contributed by atoms with van der Waals surface area (Å²) in [5, 5.41) is 4.58. The molecule has 124 valence electrons. The van der Waals surface area contributed by atoms with Crippen LogP contribution in [0.1, 0.15) is 11.7 Å². The van der Waals surface area contributed by atoms with Crippen LogP contribution in [0.25, 0.3) is 10.9 Å². The fourth-order valence-corrected chi connectivity index (χ4v) is 2.58. The average Bonchev–Trinajstić information content (AvgIpc) is 2.89. The second kappa shape index (κ2) is 6.60. The quantitative estimate of drug-likeness (QED) is 0.732. The molecular formula is C17H15BrFN3O2. The summed E-state index contributed by atoms with van der Waals surface area (Å²) >= 11 is 3.35. The molecule has 0 fully saturated rings. The summed E-state index contributed by atoms with van der Waals surface area (Å²) in [6.45, 7) is 1.90. The molecule has 0 saturated heterocycles. The number of hydrogen-bond acceptors (Lipinski definition) is 4. The Kier molecular flexibility index (Phi) is 4.53. The zero-order valence-electron chi connectivity index (χ0n) is 12.9. The van der Waals surface area contributed by atoms with Gasteiger partial charge in [-0.15, -0.1) is 5.10 Å². The van der Waals surface area contributed by atoms with Gasteiger partial charge in [-0.3, -0.25) is 4.79 Å². The number of rotatable bonds is 4. The molecule has 24 heavy (non-hydrogen) atoms. The average molecular weight is 392 g/mol. The van der Waals surface area contributed by atoms with E-state index in [9.17, 15) is 9.18 Å². The molecule has 1 heterocycles. The Labute approximate surface area is 146 Å². The highest BCUT2D eigenvalue weighted by Crippen LogP contribution is 2.23. The maximum atomic E-state index is 13.5. The Morgan fingerprint density at radius 1 is 1.33 bits per heavy atom. The molecule has 0 aliphatic rings. The van der Waals surface area contributed by atoms with Crippen molar-refractivity contribution in [2.45, 2.75) is 6.92 Å². The number of benzene rings is 2. The van der Waals surface area contributed by atoms with E-state index < -0.39 is 11.7 Å². The molecule has 0 bridgehead atoms. The van der Waals surface area contributed by atoms with E-state index in [0.717, 1.165) is 9.15 Å². The third-order valence-corrected chi connectivity index (χ3v) is 4.14. The second-order valence-corrected chi connectivity index (χ2v) is 6.38. The minimum atomic E-state index is -0.473. The fraction of sp³-hybridized carbons (Fsp3) is 0.176. The number of anilines is 1. The first-order valence-corrected chi connectivity index (χ1v) is 8.11. The van der Waals surface area contributed by atoms with Crippen LogP contribution in [0.5, 0.6) is 5.75 Å². The highest BCUT2D eigenvalue weighted by atomic mass is 79.9. The molecule has 0 spiro atoms. The van der Waals surface area contributed by atoms with Gasteiger partial charge in [0, 0.05) is 15.9 Å². The molecular weight excluding hydrogens is 377 g/mol. The predicted molar refractivity (Wildman–Crippen MR) is 93.5 cm³/mol. The van der Waals surface area contributed by atoms with Crippen molar-refractivity contribution in [3.05, 3.63) is 52.8 Å². The van der Waals surface area contributed by atoms with Gasteiger partial charge in [-0.05, 0) is 36.4 Å². The summed E-state index contributed by atoms with van der Waals surface area (Å²) < 4.78 is 21.2. The van der Waals surface area contributed by atoms with Crippen LogP contribution < -0.4 is 10.5 Å². The Morgan fingerprint density at radius 2 is 2.04 bits per heavy atom. The standard InChI is InChI=1S/C17H15BrFN3O2/c1-10(9-24-13-5-2-11(18)3-6-13)17(23)22-15-8-12(19)4-7-14(15)16(20)21-22/h2-8,10H,9H2,1H3,(H2,20,21)/t10-/m0/s1. The number of halogens is 2. The lowest BCUT2D eigenvalue weighted by Crippen LogP contribution is -2.25. The topological polar surface area (TPSA) is 70.1 Å². The summed E-state index contributed by atoms with van der Waals surface area (Å²) in [5.74, 6) is -0.373. The van der Waals surface area contributed by atoms with Crippen molar-refractivity contribution in [3.63, 3.8) is 0 Å². The minimum Gasteiger partial charge on any atom is -0.493 e. The maximum Gasteiger partial charge on any atom is 0.253 e. The second-order valence-electron chi connectivity index (χ2n) is 5.46. The van der Waals surface area contributed by atoms with Crippen molar-refractivity contribution in [1.82, 2.24) is 9.78 Å². The third-order valence-electron chi connectivity index (χ3n) is 3.62. The van der Waals surface area contributed by atoms with Gasteiger partial charge in [0.15, 0.2) is 5.82 Å². The molecule has 3 rings (SSSR count). The molecule has 3 aromatic rings. The van der Waals surface area contributed by atoms with Crippen molar-refractivity contribution in [1.29, 1.82) is 0 Å². The zero-order chi connectivity index (χ0) is 17.3. The molecule has 0 saturated carbocycles. The van der Waals surface area contributed by atoms with Gasteiger partial charge >= 0.3 is 0 Å². The van der Waals surface area contributed by atoms with Gasteiger partial charge < -0.3 is 10.5 Å². The van der Waals surface area contributed by atoms with E-state index in [1.54, 1.807) is 19.1 Å². The molecule has 5 nitrogen and oxygen atoms in total. The van der Waals surface area contributed by atoms with Crippen LogP contribution in [0.3, 0.4) is 0 Å². The molecule has 0 unspecified atom stereocenters. The third kappa shape index (κ3) is 3.26. The Hall–Kier alpha value is -2.41.